The number of nitroso groups, excluding NO2 is 1. The fraction of sp³-hybridized carbons (Fsp3) is 0.545. The summed E-state index contributed by atoms with van der Waals surface area (Å²) in [4.78, 5) is 49.8. The first kappa shape index (κ1) is 27.5. The number of alkyl carbamates (subject to hydrolysis) is 1. The maximum absolute atomic E-state index is 12.6. The average Bonchev–Trinajstić information content (AvgIpc) is 2.74. The molecule has 0 saturated heterocycles. The monoisotopic (exact) mass is 511 g/mol. The lowest BCUT2D eigenvalue weighted by Crippen LogP contribution is -2.57. The Labute approximate surface area is 209 Å². The normalized spacial score (nSPS) is 20.0. The van der Waals surface area contributed by atoms with Gasteiger partial charge in [0, 0.05) is 31.7 Å². The fourth-order valence-corrected chi connectivity index (χ4v) is 3.99. The number of carbonyl (C=O) groups excluding carboxylic acids is 3. The predicted octanol–water partition coefficient (Wildman–Crippen LogP) is 3.74. The molecule has 3 atom stereocenters. The zero-order chi connectivity index (χ0) is 25.6. The molecular weight excluding hydrogens is 482 g/mol. The topological polar surface area (TPSA) is 129 Å². The van der Waals surface area contributed by atoms with Gasteiger partial charge in [0.15, 0.2) is 4.99 Å². The number of halogens is 1. The third-order valence-electron chi connectivity index (χ3n) is 5.17. The Kier molecular flexibility index (Phi) is 9.34. The van der Waals surface area contributed by atoms with Crippen LogP contribution in [0.25, 0.3) is 0 Å². The van der Waals surface area contributed by atoms with Crippen LogP contribution in [0.5, 0.6) is 0 Å². The number of hydrogen-bond acceptors (Lipinski definition) is 7. The third-order valence-corrected chi connectivity index (χ3v) is 5.79. The van der Waals surface area contributed by atoms with E-state index >= 15 is 0 Å². The van der Waals surface area contributed by atoms with Crippen molar-refractivity contribution in [2.45, 2.75) is 57.7 Å². The highest BCUT2D eigenvalue weighted by Crippen LogP contribution is 2.28. The van der Waals surface area contributed by atoms with Gasteiger partial charge in [0.1, 0.15) is 11.3 Å². The molecule has 1 aromatic rings. The van der Waals surface area contributed by atoms with Gasteiger partial charge in [0.05, 0.1) is 11.1 Å². The van der Waals surface area contributed by atoms with Crippen molar-refractivity contribution in [2.24, 2.45) is 11.1 Å². The lowest BCUT2D eigenvalue weighted by Gasteiger charge is -2.37. The van der Waals surface area contributed by atoms with Crippen LogP contribution in [-0.2, 0) is 14.3 Å². The van der Waals surface area contributed by atoms with Crippen molar-refractivity contribution in [3.8, 4) is 0 Å². The van der Waals surface area contributed by atoms with Crippen molar-refractivity contribution < 1.29 is 19.1 Å². The van der Waals surface area contributed by atoms with Crippen LogP contribution in [0, 0.1) is 10.8 Å². The minimum atomic E-state index is -0.691. The number of amides is 3. The first-order chi connectivity index (χ1) is 15.8. The molecule has 0 aromatic heterocycles. The van der Waals surface area contributed by atoms with Crippen LogP contribution in [0.4, 0.5) is 16.2 Å². The number of ether oxygens (including phenoxy) is 1. The van der Waals surface area contributed by atoms with Crippen molar-refractivity contribution >= 4 is 58.1 Å². The van der Waals surface area contributed by atoms with E-state index in [0.29, 0.717) is 24.9 Å². The number of anilines is 1. The first-order valence-electron chi connectivity index (χ1n) is 10.8. The van der Waals surface area contributed by atoms with Crippen LogP contribution in [0.2, 0.25) is 5.02 Å². The number of nitrogens with one attached hydrogen (secondary N) is 3. The van der Waals surface area contributed by atoms with E-state index in [1.54, 1.807) is 34.9 Å². The van der Waals surface area contributed by atoms with E-state index in [2.05, 4.69) is 21.1 Å². The molecule has 0 unspecified atom stereocenters. The molecule has 0 spiro atoms. The van der Waals surface area contributed by atoms with Gasteiger partial charge >= 0.3 is 6.09 Å². The summed E-state index contributed by atoms with van der Waals surface area (Å²) in [6.45, 7) is 5.26. The smallest absolute Gasteiger partial charge is 0.407 e. The molecule has 1 saturated carbocycles. The van der Waals surface area contributed by atoms with Crippen LogP contribution in [0.1, 0.15) is 40.0 Å². The van der Waals surface area contributed by atoms with Crippen molar-refractivity contribution in [1.82, 2.24) is 15.5 Å². The number of thiocarbonyl (C=S) groups is 1. The molecule has 0 radical (unpaired) electrons. The van der Waals surface area contributed by atoms with E-state index in [4.69, 9.17) is 28.6 Å². The molecule has 3 amide bonds. The largest absolute Gasteiger partial charge is 0.444 e. The Bertz CT molecular complexity index is 965. The molecule has 0 bridgehead atoms. The molecule has 1 aliphatic rings. The molecule has 3 N–H and O–H groups in total. The molecule has 1 fully saturated rings. The number of carbonyl (C=O) groups is 3. The van der Waals surface area contributed by atoms with Crippen LogP contribution >= 0.6 is 23.8 Å². The van der Waals surface area contributed by atoms with E-state index in [9.17, 15) is 19.3 Å². The van der Waals surface area contributed by atoms with E-state index < -0.39 is 29.7 Å². The minimum Gasteiger partial charge on any atom is -0.444 e. The van der Waals surface area contributed by atoms with E-state index in [-0.39, 0.29) is 27.5 Å². The number of nitrogens with zero attached hydrogens (tertiary/aromatic N) is 2. The van der Waals surface area contributed by atoms with Gasteiger partial charge in [-0.25, -0.2) is 4.79 Å². The second kappa shape index (κ2) is 11.6. The van der Waals surface area contributed by atoms with Gasteiger partial charge in [0.2, 0.25) is 5.91 Å². The Morgan fingerprint density at radius 1 is 1.15 bits per heavy atom. The van der Waals surface area contributed by atoms with Gasteiger partial charge in [-0.1, -0.05) is 23.8 Å². The maximum Gasteiger partial charge on any atom is 0.407 e. The van der Waals surface area contributed by atoms with Crippen molar-refractivity contribution in [3.63, 3.8) is 0 Å². The van der Waals surface area contributed by atoms with E-state index in [0.717, 1.165) is 0 Å². The van der Waals surface area contributed by atoms with E-state index in [1.165, 1.54) is 23.1 Å². The van der Waals surface area contributed by atoms with Gasteiger partial charge < -0.3 is 25.6 Å². The summed E-state index contributed by atoms with van der Waals surface area (Å²) in [5.41, 5.74) is -0.399. The highest BCUT2D eigenvalue weighted by molar-refractivity contribution is 7.82. The Balaban J connectivity index is 2.10. The van der Waals surface area contributed by atoms with Crippen molar-refractivity contribution in [3.05, 3.63) is 28.1 Å². The van der Waals surface area contributed by atoms with Crippen LogP contribution in [-0.4, -0.2) is 59.6 Å². The predicted molar refractivity (Wildman–Crippen MR) is 134 cm³/mol. The minimum absolute atomic E-state index is 0.0103. The second-order valence-electron chi connectivity index (χ2n) is 9.29. The van der Waals surface area contributed by atoms with Crippen LogP contribution < -0.4 is 16.0 Å². The highest BCUT2D eigenvalue weighted by Gasteiger charge is 2.37. The first-order valence-corrected chi connectivity index (χ1v) is 11.5. The molecule has 12 heteroatoms. The zero-order valence-electron chi connectivity index (χ0n) is 19.8. The molecule has 1 aliphatic carbocycles. The second-order valence-corrected chi connectivity index (χ2v) is 10.1. The quantitative estimate of drug-likeness (QED) is 0.405. The van der Waals surface area contributed by atoms with Gasteiger partial charge in [0.25, 0.3) is 5.91 Å². The molecule has 0 heterocycles. The number of hydrogen-bond donors (Lipinski definition) is 3. The Hall–Kier alpha value is -2.79. The molecule has 2 rings (SSSR count). The van der Waals surface area contributed by atoms with Crippen molar-refractivity contribution in [1.29, 1.82) is 0 Å². The SMILES string of the molecule is CN(C)C(=O)[C@H]1CC[C@H](NC(=S)C(=O)Nc2ccc(Cl)c(N=O)c2)[C@H](NC(=O)OC(C)(C)C)C1. The number of benzene rings is 1. The molecular formula is C22H30ClN5O5S. The van der Waals surface area contributed by atoms with Gasteiger partial charge in [-0.15, -0.1) is 4.91 Å². The molecule has 186 valence electrons. The van der Waals surface area contributed by atoms with E-state index in [1.807, 2.05) is 0 Å². The summed E-state index contributed by atoms with van der Waals surface area (Å²) in [5.74, 6) is -0.910. The molecule has 1 aromatic carbocycles. The van der Waals surface area contributed by atoms with Crippen LogP contribution in [0.3, 0.4) is 0 Å². The average molecular weight is 512 g/mol. The molecule has 0 aliphatic heterocycles. The molecule has 34 heavy (non-hydrogen) atoms. The number of rotatable bonds is 5. The summed E-state index contributed by atoms with van der Waals surface area (Å²) in [6, 6.07) is 3.40. The summed E-state index contributed by atoms with van der Waals surface area (Å²) >= 11 is 11.1. The Morgan fingerprint density at radius 3 is 2.41 bits per heavy atom. The Morgan fingerprint density at radius 2 is 1.82 bits per heavy atom. The highest BCUT2D eigenvalue weighted by atomic mass is 35.5. The summed E-state index contributed by atoms with van der Waals surface area (Å²) in [5, 5.41) is 11.4. The summed E-state index contributed by atoms with van der Waals surface area (Å²) in [6.07, 6.45) is 0.812. The van der Waals surface area contributed by atoms with Gasteiger partial charge in [-0.2, -0.15) is 0 Å². The van der Waals surface area contributed by atoms with Gasteiger partial charge in [-0.05, 0) is 63.4 Å². The van der Waals surface area contributed by atoms with Crippen molar-refractivity contribution in [2.75, 3.05) is 19.4 Å². The fourth-order valence-electron chi connectivity index (χ4n) is 3.63. The maximum atomic E-state index is 12.6. The zero-order valence-corrected chi connectivity index (χ0v) is 21.4. The lowest BCUT2D eigenvalue weighted by atomic mass is 9.81. The molecule has 10 nitrogen and oxygen atoms in total. The summed E-state index contributed by atoms with van der Waals surface area (Å²) in [7, 11) is 3.37. The third kappa shape index (κ3) is 7.91. The van der Waals surface area contributed by atoms with Crippen LogP contribution in [0.15, 0.2) is 23.4 Å². The standard InChI is InChI=1S/C22H30ClN5O5S/c1-22(2,3)33-21(31)26-17-10-12(20(30)28(4)5)6-9-15(17)25-19(34)18(29)24-13-7-8-14(23)16(11-13)27-32/h7-8,11-12,15,17H,6,9-10H2,1-5H3,(H,24,29)(H,25,34)(H,26,31)/t12-,15-,17+/m0/s1. The lowest BCUT2D eigenvalue weighted by molar-refractivity contribution is -0.134. The summed E-state index contributed by atoms with van der Waals surface area (Å²) < 4.78 is 5.36. The van der Waals surface area contributed by atoms with Gasteiger partial charge in [-0.3, -0.25) is 9.59 Å².